The van der Waals surface area contributed by atoms with E-state index >= 15 is 0 Å². The first-order chi connectivity index (χ1) is 10.5. The molecular weight excluding hydrogens is 272 g/mol. The zero-order valence-electron chi connectivity index (χ0n) is 14.1. The van der Waals surface area contributed by atoms with Crippen molar-refractivity contribution in [2.45, 2.75) is 89.4 Å². The van der Waals surface area contributed by atoms with Crippen LogP contribution in [-0.2, 0) is 4.74 Å². The zero-order valence-corrected chi connectivity index (χ0v) is 14.1. The molecule has 1 aliphatic heterocycles. The van der Waals surface area contributed by atoms with Crippen LogP contribution in [0.3, 0.4) is 0 Å². The summed E-state index contributed by atoms with van der Waals surface area (Å²) in [6.45, 7) is 5.02. The van der Waals surface area contributed by atoms with Crippen molar-refractivity contribution in [2.24, 2.45) is 34.0 Å². The standard InChI is InChI=1S/C20H30O2/c1-17-7-3-4-16-20(17,22-16)9-6-14-13(17)5-8-18(2)15(21)10-12-11-19(12,14)18/h12-16,21H,3-11H2,1-2H3/t12-,13+,14-,15+,16?,17-,18-,19+,20?/m1/s1. The second kappa shape index (κ2) is 3.47. The predicted molar refractivity (Wildman–Crippen MR) is 84.3 cm³/mol. The molecule has 122 valence electrons. The van der Waals surface area contributed by atoms with E-state index in [4.69, 9.17) is 4.74 Å². The van der Waals surface area contributed by atoms with Crippen LogP contribution in [-0.4, -0.2) is 22.9 Å². The summed E-state index contributed by atoms with van der Waals surface area (Å²) in [7, 11) is 0. The van der Waals surface area contributed by atoms with Crippen LogP contribution in [0.2, 0.25) is 0 Å². The minimum Gasteiger partial charge on any atom is -0.393 e. The van der Waals surface area contributed by atoms with Crippen LogP contribution in [0, 0.1) is 34.0 Å². The van der Waals surface area contributed by atoms with Gasteiger partial charge in [0.25, 0.3) is 0 Å². The fourth-order valence-corrected chi connectivity index (χ4v) is 8.95. The molecule has 1 saturated heterocycles. The molecule has 6 aliphatic rings. The molecule has 0 aromatic rings. The van der Waals surface area contributed by atoms with Gasteiger partial charge in [-0.2, -0.15) is 0 Å². The summed E-state index contributed by atoms with van der Waals surface area (Å²) in [5.74, 6) is 2.60. The van der Waals surface area contributed by atoms with E-state index in [1.54, 1.807) is 0 Å². The topological polar surface area (TPSA) is 32.8 Å². The van der Waals surface area contributed by atoms with Crippen molar-refractivity contribution in [1.29, 1.82) is 0 Å². The van der Waals surface area contributed by atoms with Crippen LogP contribution in [0.1, 0.15) is 71.6 Å². The highest BCUT2D eigenvalue weighted by Crippen LogP contribution is 2.84. The van der Waals surface area contributed by atoms with Crippen molar-refractivity contribution in [3.05, 3.63) is 0 Å². The average molecular weight is 302 g/mol. The van der Waals surface area contributed by atoms with Crippen molar-refractivity contribution in [3.63, 3.8) is 0 Å². The Labute approximate surface area is 134 Å². The van der Waals surface area contributed by atoms with Gasteiger partial charge in [0, 0.05) is 5.41 Å². The first-order valence-corrected chi connectivity index (χ1v) is 9.84. The van der Waals surface area contributed by atoms with Gasteiger partial charge >= 0.3 is 0 Å². The van der Waals surface area contributed by atoms with Gasteiger partial charge in [0.05, 0.1) is 12.2 Å². The largest absolute Gasteiger partial charge is 0.393 e. The van der Waals surface area contributed by atoms with Crippen molar-refractivity contribution < 1.29 is 9.84 Å². The van der Waals surface area contributed by atoms with E-state index in [1.807, 2.05) is 0 Å². The molecular formula is C20H30O2. The Morgan fingerprint density at radius 3 is 2.64 bits per heavy atom. The molecule has 5 saturated carbocycles. The highest BCUT2D eigenvalue weighted by atomic mass is 16.6. The Morgan fingerprint density at radius 1 is 0.955 bits per heavy atom. The molecule has 2 spiro atoms. The maximum Gasteiger partial charge on any atom is 0.100 e. The summed E-state index contributed by atoms with van der Waals surface area (Å²) >= 11 is 0. The van der Waals surface area contributed by atoms with Gasteiger partial charge in [-0.15, -0.1) is 0 Å². The van der Waals surface area contributed by atoms with E-state index in [0.717, 1.165) is 24.2 Å². The number of aliphatic hydroxyl groups is 1. The number of ether oxygens (including phenoxy) is 1. The second-order valence-corrected chi connectivity index (χ2v) is 10.2. The SMILES string of the molecule is C[C@]12CCCC3OC31CC[C@@H]1[C@@H]2CC[C@]2(C)[C@@H](O)C[C@@H]3C[C@]312. The third-order valence-corrected chi connectivity index (χ3v) is 10.2. The Bertz CT molecular complexity index is 558. The highest BCUT2D eigenvalue weighted by Gasteiger charge is 2.81. The Balaban J connectivity index is 1.44. The van der Waals surface area contributed by atoms with E-state index in [-0.39, 0.29) is 17.1 Å². The number of aliphatic hydroxyl groups excluding tert-OH is 1. The zero-order chi connectivity index (χ0) is 15.0. The molecule has 9 atom stereocenters. The fraction of sp³-hybridized carbons (Fsp3) is 1.00. The van der Waals surface area contributed by atoms with Gasteiger partial charge in [-0.3, -0.25) is 0 Å². The van der Waals surface area contributed by atoms with Gasteiger partial charge in [0.2, 0.25) is 0 Å². The molecule has 0 aromatic carbocycles. The molecule has 0 amide bonds. The Kier molecular flexibility index (Phi) is 2.09. The minimum atomic E-state index is -0.0211. The summed E-state index contributed by atoms with van der Waals surface area (Å²) < 4.78 is 6.38. The van der Waals surface area contributed by atoms with Crippen molar-refractivity contribution in [3.8, 4) is 0 Å². The number of rotatable bonds is 0. The summed E-state index contributed by atoms with van der Waals surface area (Å²) in [6.07, 6.45) is 12.5. The van der Waals surface area contributed by atoms with Gasteiger partial charge in [-0.25, -0.2) is 0 Å². The van der Waals surface area contributed by atoms with Crippen LogP contribution in [0.25, 0.3) is 0 Å². The molecule has 2 unspecified atom stereocenters. The quantitative estimate of drug-likeness (QED) is 0.688. The molecule has 5 aliphatic carbocycles. The third-order valence-electron chi connectivity index (χ3n) is 10.2. The number of hydrogen-bond donors (Lipinski definition) is 1. The van der Waals surface area contributed by atoms with E-state index in [0.29, 0.717) is 16.9 Å². The van der Waals surface area contributed by atoms with Gasteiger partial charge in [0.15, 0.2) is 0 Å². The maximum absolute atomic E-state index is 10.7. The maximum atomic E-state index is 10.7. The van der Waals surface area contributed by atoms with Crippen LogP contribution in [0.15, 0.2) is 0 Å². The first-order valence-electron chi connectivity index (χ1n) is 9.84. The lowest BCUT2D eigenvalue weighted by atomic mass is 9.43. The molecule has 2 heteroatoms. The summed E-state index contributed by atoms with van der Waals surface area (Å²) in [4.78, 5) is 0. The van der Waals surface area contributed by atoms with E-state index in [9.17, 15) is 5.11 Å². The van der Waals surface area contributed by atoms with Gasteiger partial charge < -0.3 is 9.84 Å². The molecule has 6 fully saturated rings. The van der Waals surface area contributed by atoms with Crippen molar-refractivity contribution in [1.82, 2.24) is 0 Å². The Hall–Kier alpha value is -0.0800. The molecule has 1 N–H and O–H groups in total. The normalized spacial score (nSPS) is 70.8. The predicted octanol–water partition coefficient (Wildman–Crippen LogP) is 3.91. The lowest BCUT2D eigenvalue weighted by Crippen LogP contribution is -2.58. The third kappa shape index (κ3) is 1.09. The average Bonchev–Trinajstić information content (AvgIpc) is 3.35. The van der Waals surface area contributed by atoms with Crippen molar-refractivity contribution >= 4 is 0 Å². The summed E-state index contributed by atoms with van der Waals surface area (Å²) in [5, 5.41) is 10.7. The molecule has 2 nitrogen and oxygen atoms in total. The molecule has 1 heterocycles. The lowest BCUT2D eigenvalue weighted by Gasteiger charge is -2.60. The highest BCUT2D eigenvalue weighted by molar-refractivity contribution is 5.29. The number of fused-ring (bicyclic) bond motifs is 2. The molecule has 22 heavy (non-hydrogen) atoms. The van der Waals surface area contributed by atoms with Crippen LogP contribution < -0.4 is 0 Å². The second-order valence-electron chi connectivity index (χ2n) is 10.2. The van der Waals surface area contributed by atoms with Crippen molar-refractivity contribution in [2.75, 3.05) is 0 Å². The molecule has 6 rings (SSSR count). The first kappa shape index (κ1) is 13.2. The molecule has 0 bridgehead atoms. The minimum absolute atomic E-state index is 0.0211. The summed E-state index contributed by atoms with van der Waals surface area (Å²) in [6, 6.07) is 0. The molecule has 0 radical (unpaired) electrons. The van der Waals surface area contributed by atoms with Crippen LogP contribution in [0.5, 0.6) is 0 Å². The number of epoxide rings is 1. The monoisotopic (exact) mass is 302 g/mol. The van der Waals surface area contributed by atoms with Gasteiger partial charge in [0.1, 0.15) is 5.60 Å². The van der Waals surface area contributed by atoms with E-state index in [1.165, 1.54) is 51.4 Å². The smallest absolute Gasteiger partial charge is 0.100 e. The fourth-order valence-electron chi connectivity index (χ4n) is 8.95. The van der Waals surface area contributed by atoms with E-state index < -0.39 is 0 Å². The van der Waals surface area contributed by atoms with Crippen LogP contribution >= 0.6 is 0 Å². The Morgan fingerprint density at radius 2 is 1.77 bits per heavy atom. The number of hydrogen-bond acceptors (Lipinski definition) is 2. The van der Waals surface area contributed by atoms with Crippen LogP contribution in [0.4, 0.5) is 0 Å². The lowest BCUT2D eigenvalue weighted by molar-refractivity contribution is -0.141. The summed E-state index contributed by atoms with van der Waals surface area (Å²) in [5.41, 5.74) is 1.47. The van der Waals surface area contributed by atoms with Gasteiger partial charge in [-0.1, -0.05) is 20.3 Å². The van der Waals surface area contributed by atoms with Gasteiger partial charge in [-0.05, 0) is 80.0 Å². The van der Waals surface area contributed by atoms with E-state index in [2.05, 4.69) is 13.8 Å². The molecule has 0 aromatic heterocycles.